The number of rotatable bonds is 4. The molecule has 0 saturated heterocycles. The third kappa shape index (κ3) is 1.93. The number of hydrogen-bond donors (Lipinski definition) is 0. The zero-order chi connectivity index (χ0) is 8.16. The van der Waals surface area contributed by atoms with Crippen molar-refractivity contribution in [3.8, 4) is 0 Å². The minimum atomic E-state index is 1.06. The smallest absolute Gasteiger partial charge is 0.101 e. The molecule has 11 heavy (non-hydrogen) atoms. The van der Waals surface area contributed by atoms with Crippen molar-refractivity contribution in [1.82, 2.24) is 0 Å². The van der Waals surface area contributed by atoms with Gasteiger partial charge in [-0.05, 0) is 25.5 Å². The van der Waals surface area contributed by atoms with Gasteiger partial charge in [0.05, 0.1) is 13.1 Å². The van der Waals surface area contributed by atoms with Crippen LogP contribution in [0.5, 0.6) is 0 Å². The molecule has 1 nitrogen and oxygen atoms in total. The van der Waals surface area contributed by atoms with Crippen molar-refractivity contribution in [3.05, 3.63) is 24.6 Å². The van der Waals surface area contributed by atoms with E-state index in [1.165, 1.54) is 25.9 Å². The van der Waals surface area contributed by atoms with Crippen LogP contribution in [0.25, 0.3) is 0 Å². The maximum Gasteiger partial charge on any atom is 0.101 e. The lowest BCUT2D eigenvalue weighted by Gasteiger charge is -2.27. The average Bonchev–Trinajstić information content (AvgIpc) is 2.50. The van der Waals surface area contributed by atoms with Gasteiger partial charge in [0, 0.05) is 0 Å². The predicted octanol–water partition coefficient (Wildman–Crippen LogP) is 2.66. The van der Waals surface area contributed by atoms with Crippen molar-refractivity contribution in [2.24, 2.45) is 0 Å². The Kier molecular flexibility index (Phi) is 2.89. The summed E-state index contributed by atoms with van der Waals surface area (Å²) in [6.45, 7) is 6.94. The molecular weight excluding hydrogens is 134 g/mol. The summed E-state index contributed by atoms with van der Waals surface area (Å²) in [6.07, 6.45) is 11.5. The lowest BCUT2D eigenvalue weighted by atomic mass is 10.3. The van der Waals surface area contributed by atoms with Crippen molar-refractivity contribution < 1.29 is 4.48 Å². The Hall–Kier alpha value is -0.560. The third-order valence-corrected chi connectivity index (χ3v) is 2.39. The number of hydrogen-bond acceptors (Lipinski definition) is 0. The molecule has 0 amide bonds. The largest absolute Gasteiger partial charge is 0.271 e. The monoisotopic (exact) mass is 152 g/mol. The summed E-state index contributed by atoms with van der Waals surface area (Å²) in [5.41, 5.74) is 0. The van der Waals surface area contributed by atoms with Crippen LogP contribution in [-0.4, -0.2) is 17.6 Å². The van der Waals surface area contributed by atoms with Gasteiger partial charge in [-0.1, -0.05) is 13.3 Å². The first-order chi connectivity index (χ1) is 5.33. The number of nitrogens with zero attached hydrogens (tertiary/aromatic N) is 1. The fourth-order valence-corrected chi connectivity index (χ4v) is 1.46. The topological polar surface area (TPSA) is 0 Å². The molecule has 1 heteroatoms. The van der Waals surface area contributed by atoms with Gasteiger partial charge >= 0.3 is 0 Å². The van der Waals surface area contributed by atoms with Crippen molar-refractivity contribution >= 4 is 0 Å². The van der Waals surface area contributed by atoms with Crippen molar-refractivity contribution in [3.63, 3.8) is 0 Å². The molecule has 0 saturated carbocycles. The second kappa shape index (κ2) is 3.72. The van der Waals surface area contributed by atoms with E-state index >= 15 is 0 Å². The summed E-state index contributed by atoms with van der Waals surface area (Å²) in [7, 11) is 0. The summed E-state index contributed by atoms with van der Waals surface area (Å²) in [5.74, 6) is 0. The highest BCUT2D eigenvalue weighted by atomic mass is 15.3. The standard InChI is InChI=1S/C10H18N/c1-3-5-8-11(4-2)9-6-7-10-11/h6-7,9-10H,3-5,8H2,1-2H3/q+1. The Bertz CT molecular complexity index is 156. The first-order valence-corrected chi connectivity index (χ1v) is 4.56. The van der Waals surface area contributed by atoms with E-state index in [2.05, 4.69) is 38.4 Å². The third-order valence-electron chi connectivity index (χ3n) is 2.39. The number of quaternary nitrogens is 1. The van der Waals surface area contributed by atoms with Crippen LogP contribution in [0.4, 0.5) is 0 Å². The summed E-state index contributed by atoms with van der Waals surface area (Å²) < 4.78 is 1.06. The summed E-state index contributed by atoms with van der Waals surface area (Å²) in [4.78, 5) is 0. The molecule has 0 fully saturated rings. The molecule has 62 valence electrons. The first-order valence-electron chi connectivity index (χ1n) is 4.56. The second-order valence-corrected chi connectivity index (χ2v) is 3.18. The van der Waals surface area contributed by atoms with Crippen LogP contribution in [0.3, 0.4) is 0 Å². The molecule has 0 aromatic heterocycles. The molecule has 1 aliphatic rings. The average molecular weight is 152 g/mol. The van der Waals surface area contributed by atoms with Gasteiger partial charge in [-0.3, -0.25) is 4.48 Å². The van der Waals surface area contributed by atoms with Crippen LogP contribution < -0.4 is 0 Å². The minimum absolute atomic E-state index is 1.06. The van der Waals surface area contributed by atoms with E-state index < -0.39 is 0 Å². The van der Waals surface area contributed by atoms with Crippen molar-refractivity contribution in [2.45, 2.75) is 26.7 Å². The van der Waals surface area contributed by atoms with E-state index in [9.17, 15) is 0 Å². The van der Waals surface area contributed by atoms with E-state index in [1.54, 1.807) is 0 Å². The molecule has 0 aromatic carbocycles. The summed E-state index contributed by atoms with van der Waals surface area (Å²) >= 11 is 0. The number of allylic oxidation sites excluding steroid dienone is 2. The summed E-state index contributed by atoms with van der Waals surface area (Å²) in [5, 5.41) is 0. The van der Waals surface area contributed by atoms with Gasteiger partial charge in [-0.15, -0.1) is 0 Å². The molecule has 0 aromatic rings. The van der Waals surface area contributed by atoms with Crippen molar-refractivity contribution in [2.75, 3.05) is 13.1 Å². The highest BCUT2D eigenvalue weighted by molar-refractivity contribution is 5.03. The Balaban J connectivity index is 2.47. The van der Waals surface area contributed by atoms with E-state index in [4.69, 9.17) is 0 Å². The zero-order valence-corrected chi connectivity index (χ0v) is 7.59. The zero-order valence-electron chi connectivity index (χ0n) is 7.59. The van der Waals surface area contributed by atoms with Crippen LogP contribution in [0.15, 0.2) is 24.6 Å². The molecule has 0 unspecified atom stereocenters. The highest BCUT2D eigenvalue weighted by Gasteiger charge is 2.20. The first kappa shape index (κ1) is 8.54. The normalized spacial score (nSPS) is 19.5. The van der Waals surface area contributed by atoms with E-state index in [-0.39, 0.29) is 0 Å². The lowest BCUT2D eigenvalue weighted by Crippen LogP contribution is -2.36. The molecule has 0 spiro atoms. The van der Waals surface area contributed by atoms with Gasteiger partial charge in [0.2, 0.25) is 0 Å². The van der Waals surface area contributed by atoms with Gasteiger partial charge in [0.25, 0.3) is 0 Å². The van der Waals surface area contributed by atoms with Crippen LogP contribution in [-0.2, 0) is 0 Å². The highest BCUT2D eigenvalue weighted by Crippen LogP contribution is 2.16. The fraction of sp³-hybridized carbons (Fsp3) is 0.600. The predicted molar refractivity (Wildman–Crippen MR) is 48.9 cm³/mol. The fourth-order valence-electron chi connectivity index (χ4n) is 1.46. The van der Waals surface area contributed by atoms with Gasteiger partial charge in [-0.2, -0.15) is 0 Å². The molecule has 0 radical (unpaired) electrons. The SMILES string of the molecule is CCCC[N+]1(CC)C=CC=C1. The van der Waals surface area contributed by atoms with Gasteiger partial charge in [-0.25, -0.2) is 0 Å². The van der Waals surface area contributed by atoms with Crippen LogP contribution in [0, 0.1) is 0 Å². The lowest BCUT2D eigenvalue weighted by molar-refractivity contribution is -0.824. The Labute approximate surface area is 69.6 Å². The summed E-state index contributed by atoms with van der Waals surface area (Å²) in [6, 6.07) is 0. The van der Waals surface area contributed by atoms with Crippen LogP contribution in [0.2, 0.25) is 0 Å². The Morgan fingerprint density at radius 3 is 2.18 bits per heavy atom. The van der Waals surface area contributed by atoms with Crippen molar-refractivity contribution in [1.29, 1.82) is 0 Å². The maximum absolute atomic E-state index is 2.29. The van der Waals surface area contributed by atoms with Gasteiger partial charge in [0.15, 0.2) is 0 Å². The van der Waals surface area contributed by atoms with Gasteiger partial charge in [0.1, 0.15) is 12.4 Å². The van der Waals surface area contributed by atoms with Gasteiger partial charge < -0.3 is 0 Å². The second-order valence-electron chi connectivity index (χ2n) is 3.18. The van der Waals surface area contributed by atoms with E-state index in [0.29, 0.717) is 0 Å². The molecule has 0 atom stereocenters. The minimum Gasteiger partial charge on any atom is -0.271 e. The maximum atomic E-state index is 2.29. The molecule has 1 heterocycles. The molecule has 0 aliphatic carbocycles. The molecular formula is C10H18N+. The van der Waals surface area contributed by atoms with E-state index in [0.717, 1.165) is 4.48 Å². The Morgan fingerprint density at radius 1 is 1.09 bits per heavy atom. The molecule has 0 bridgehead atoms. The molecule has 1 rings (SSSR count). The van der Waals surface area contributed by atoms with Crippen LogP contribution in [0.1, 0.15) is 26.7 Å². The quantitative estimate of drug-likeness (QED) is 0.543. The van der Waals surface area contributed by atoms with Crippen LogP contribution >= 0.6 is 0 Å². The number of unbranched alkanes of at least 4 members (excludes halogenated alkanes) is 1. The van der Waals surface area contributed by atoms with E-state index in [1.807, 2.05) is 0 Å². The molecule has 0 N–H and O–H groups in total. The molecule has 1 aliphatic heterocycles. The Morgan fingerprint density at radius 2 is 1.73 bits per heavy atom.